The van der Waals surface area contributed by atoms with Gasteiger partial charge in [0.25, 0.3) is 5.91 Å². The highest BCUT2D eigenvalue weighted by Crippen LogP contribution is 2.33. The monoisotopic (exact) mass is 333 g/mol. The van der Waals surface area contributed by atoms with Crippen LogP contribution in [0, 0.1) is 5.92 Å². The van der Waals surface area contributed by atoms with Crippen LogP contribution in [0.1, 0.15) is 25.3 Å². The molecule has 1 aliphatic rings. The number of likely N-dealkylation sites (tertiary alicyclic amines) is 1. The van der Waals surface area contributed by atoms with E-state index in [2.05, 4.69) is 41.6 Å². The van der Waals surface area contributed by atoms with Crippen LogP contribution in [0.2, 0.25) is 0 Å². The van der Waals surface area contributed by atoms with Crippen molar-refractivity contribution in [2.24, 2.45) is 5.92 Å². The molecule has 0 saturated carbocycles. The van der Waals surface area contributed by atoms with Gasteiger partial charge in [-0.25, -0.2) is 0 Å². The van der Waals surface area contributed by atoms with Gasteiger partial charge in [-0.1, -0.05) is 65.7 Å². The van der Waals surface area contributed by atoms with Crippen LogP contribution in [-0.4, -0.2) is 17.4 Å². The van der Waals surface area contributed by atoms with Crippen LogP contribution in [-0.2, 0) is 11.3 Å². The second kappa shape index (κ2) is 6.89. The Kier molecular flexibility index (Phi) is 5.18. The van der Waals surface area contributed by atoms with E-state index >= 15 is 0 Å². The average molecular weight is 334 g/mol. The second-order valence-electron chi connectivity index (χ2n) is 5.08. The lowest BCUT2D eigenvalue weighted by atomic mass is 10.0. The zero-order chi connectivity index (χ0) is 14.5. The highest BCUT2D eigenvalue weighted by molar-refractivity contribution is 9.11. The fourth-order valence-corrected chi connectivity index (χ4v) is 3.40. The Morgan fingerprint density at radius 3 is 2.75 bits per heavy atom. The van der Waals surface area contributed by atoms with Crippen LogP contribution in [0.3, 0.4) is 0 Å². The molecule has 2 rings (SSSR count). The van der Waals surface area contributed by atoms with Crippen LogP contribution in [0.15, 0.2) is 53.0 Å². The van der Waals surface area contributed by atoms with E-state index in [9.17, 15) is 4.79 Å². The molecule has 0 aliphatic carbocycles. The maximum absolute atomic E-state index is 12.6. The van der Waals surface area contributed by atoms with Crippen LogP contribution in [0.4, 0.5) is 0 Å². The first kappa shape index (κ1) is 15.0. The summed E-state index contributed by atoms with van der Waals surface area (Å²) in [5, 5.41) is 0. The minimum absolute atomic E-state index is 0.132. The van der Waals surface area contributed by atoms with Crippen molar-refractivity contribution in [2.45, 2.75) is 26.3 Å². The normalized spacial score (nSPS) is 21.2. The Morgan fingerprint density at radius 2 is 2.15 bits per heavy atom. The maximum atomic E-state index is 12.6. The molecule has 1 atom stereocenters. The number of hydrogen-bond donors (Lipinski definition) is 0. The van der Waals surface area contributed by atoms with Crippen LogP contribution in [0.25, 0.3) is 0 Å². The number of allylic oxidation sites excluding steroid dienone is 1. The molecule has 1 aromatic carbocycles. The first-order valence-corrected chi connectivity index (χ1v) is 7.81. The topological polar surface area (TPSA) is 20.3 Å². The van der Waals surface area contributed by atoms with Crippen molar-refractivity contribution in [3.05, 3.63) is 58.6 Å². The number of carbonyl (C=O) groups is 1. The minimum atomic E-state index is 0.132. The van der Waals surface area contributed by atoms with E-state index in [0.717, 1.165) is 35.0 Å². The van der Waals surface area contributed by atoms with E-state index in [1.54, 1.807) is 0 Å². The second-order valence-corrected chi connectivity index (χ2v) is 6.04. The fourth-order valence-electron chi connectivity index (χ4n) is 2.54. The summed E-state index contributed by atoms with van der Waals surface area (Å²) >= 11 is 3.58. The van der Waals surface area contributed by atoms with Crippen LogP contribution >= 0.6 is 15.9 Å². The van der Waals surface area contributed by atoms with Crippen molar-refractivity contribution in [3.63, 3.8) is 0 Å². The lowest BCUT2D eigenvalue weighted by Gasteiger charge is -2.15. The summed E-state index contributed by atoms with van der Waals surface area (Å²) in [4.78, 5) is 14.5. The Balaban J connectivity index is 2.20. The van der Waals surface area contributed by atoms with Gasteiger partial charge in [-0.15, -0.1) is 6.58 Å². The van der Waals surface area contributed by atoms with Crippen molar-refractivity contribution in [2.75, 3.05) is 6.54 Å². The summed E-state index contributed by atoms with van der Waals surface area (Å²) in [6.07, 6.45) is 3.82. The van der Waals surface area contributed by atoms with Crippen molar-refractivity contribution >= 4 is 21.8 Å². The van der Waals surface area contributed by atoms with E-state index in [4.69, 9.17) is 0 Å². The van der Waals surface area contributed by atoms with Gasteiger partial charge in [-0.3, -0.25) is 4.79 Å². The molecule has 1 fully saturated rings. The molecular formula is C17H20BrNO. The third kappa shape index (κ3) is 3.21. The smallest absolute Gasteiger partial charge is 0.251 e. The molecule has 1 amide bonds. The highest BCUT2D eigenvalue weighted by atomic mass is 79.9. The number of benzene rings is 1. The Hall–Kier alpha value is -1.35. The number of carbonyl (C=O) groups excluding carboxylic acids is 1. The molecular weight excluding hydrogens is 314 g/mol. The van der Waals surface area contributed by atoms with E-state index in [0.29, 0.717) is 6.54 Å². The number of nitrogens with zero attached hydrogens (tertiary/aromatic N) is 1. The van der Waals surface area contributed by atoms with Gasteiger partial charge in [0.1, 0.15) is 0 Å². The maximum Gasteiger partial charge on any atom is 0.251 e. The molecule has 1 unspecified atom stereocenters. The molecule has 2 nitrogen and oxygen atoms in total. The molecule has 3 heteroatoms. The summed E-state index contributed by atoms with van der Waals surface area (Å²) < 4.78 is 1.03. The molecule has 1 aromatic rings. The van der Waals surface area contributed by atoms with Gasteiger partial charge in [0.05, 0.1) is 0 Å². The van der Waals surface area contributed by atoms with E-state index in [-0.39, 0.29) is 11.8 Å². The third-order valence-corrected chi connectivity index (χ3v) is 4.39. The number of rotatable bonds is 5. The minimum Gasteiger partial charge on any atom is -0.334 e. The van der Waals surface area contributed by atoms with Crippen molar-refractivity contribution in [1.29, 1.82) is 0 Å². The van der Waals surface area contributed by atoms with Crippen LogP contribution < -0.4 is 0 Å². The number of halogens is 1. The first-order valence-electron chi connectivity index (χ1n) is 7.01. The molecule has 0 radical (unpaired) electrons. The lowest BCUT2D eigenvalue weighted by Crippen LogP contribution is -2.24. The highest BCUT2D eigenvalue weighted by Gasteiger charge is 2.34. The lowest BCUT2D eigenvalue weighted by molar-refractivity contribution is -0.125. The van der Waals surface area contributed by atoms with Gasteiger partial charge >= 0.3 is 0 Å². The molecule has 0 N–H and O–H groups in total. The zero-order valence-electron chi connectivity index (χ0n) is 11.8. The van der Waals surface area contributed by atoms with Gasteiger partial charge in [-0.05, 0) is 12.0 Å². The van der Waals surface area contributed by atoms with Crippen molar-refractivity contribution < 1.29 is 4.79 Å². The third-order valence-electron chi connectivity index (χ3n) is 3.57. The van der Waals surface area contributed by atoms with Crippen LogP contribution in [0.5, 0.6) is 0 Å². The van der Waals surface area contributed by atoms with Gasteiger partial charge in [0, 0.05) is 29.1 Å². The van der Waals surface area contributed by atoms with Crippen molar-refractivity contribution in [1.82, 2.24) is 4.90 Å². The first-order chi connectivity index (χ1) is 9.67. The number of amides is 1. The van der Waals surface area contributed by atoms with E-state index < -0.39 is 0 Å². The summed E-state index contributed by atoms with van der Waals surface area (Å²) in [5.41, 5.74) is 2.05. The number of hydrogen-bond acceptors (Lipinski definition) is 1. The van der Waals surface area contributed by atoms with Gasteiger partial charge < -0.3 is 4.90 Å². The molecule has 1 saturated heterocycles. The molecule has 20 heavy (non-hydrogen) atoms. The summed E-state index contributed by atoms with van der Waals surface area (Å²) in [6, 6.07) is 10.1. The molecule has 1 heterocycles. The van der Waals surface area contributed by atoms with E-state index in [1.807, 2.05) is 29.2 Å². The quantitative estimate of drug-likeness (QED) is 0.581. The van der Waals surface area contributed by atoms with Gasteiger partial charge in [0.15, 0.2) is 0 Å². The Morgan fingerprint density at radius 1 is 1.45 bits per heavy atom. The summed E-state index contributed by atoms with van der Waals surface area (Å²) in [6.45, 7) is 7.39. The summed E-state index contributed by atoms with van der Waals surface area (Å²) in [7, 11) is 0. The fraction of sp³-hybridized carbons (Fsp3) is 0.353. The standard InChI is InChI=1S/C17H20BrNO/c1-3-8-15(18)16-14(4-2)12-19(17(16)20)11-13-9-6-5-7-10-13/h4-7,9-10,14H,2-3,8,11-12H2,1H3/b16-15-. The van der Waals surface area contributed by atoms with Gasteiger partial charge in [0.2, 0.25) is 0 Å². The zero-order valence-corrected chi connectivity index (χ0v) is 13.4. The summed E-state index contributed by atoms with van der Waals surface area (Å²) in [5.74, 6) is 0.270. The van der Waals surface area contributed by atoms with Gasteiger partial charge in [-0.2, -0.15) is 0 Å². The predicted octanol–water partition coefficient (Wildman–Crippen LogP) is 4.28. The molecule has 106 valence electrons. The molecule has 0 aromatic heterocycles. The molecule has 0 spiro atoms. The Bertz CT molecular complexity index is 521. The molecule has 1 aliphatic heterocycles. The molecule has 0 bridgehead atoms. The average Bonchev–Trinajstić information content (AvgIpc) is 2.77. The van der Waals surface area contributed by atoms with Crippen molar-refractivity contribution in [3.8, 4) is 0 Å². The Labute approximate surface area is 129 Å². The van der Waals surface area contributed by atoms with E-state index in [1.165, 1.54) is 0 Å². The largest absolute Gasteiger partial charge is 0.334 e. The predicted molar refractivity (Wildman–Crippen MR) is 86.4 cm³/mol. The SMILES string of the molecule is C=CC1CN(Cc2ccccc2)C(=O)/C1=C(\Br)CCC.